The predicted octanol–water partition coefficient (Wildman–Crippen LogP) is 2.22. The molecule has 102 valence electrons. The van der Waals surface area contributed by atoms with Crippen molar-refractivity contribution in [2.45, 2.75) is 26.8 Å². The van der Waals surface area contributed by atoms with Gasteiger partial charge in [-0.3, -0.25) is 4.79 Å². The first-order chi connectivity index (χ1) is 9.04. The first-order valence-electron chi connectivity index (χ1n) is 6.53. The molecule has 1 aromatic carbocycles. The molecular formula is C15H20N2O2. The number of aromatic nitrogens is 1. The van der Waals surface area contributed by atoms with E-state index in [1.807, 2.05) is 45.0 Å². The van der Waals surface area contributed by atoms with Crippen molar-refractivity contribution < 1.29 is 9.90 Å². The number of para-hydroxylation sites is 1. The van der Waals surface area contributed by atoms with E-state index < -0.39 is 0 Å². The average molecular weight is 260 g/mol. The monoisotopic (exact) mass is 260 g/mol. The van der Waals surface area contributed by atoms with Crippen LogP contribution in [-0.2, 0) is 0 Å². The van der Waals surface area contributed by atoms with Crippen molar-refractivity contribution in [2.24, 2.45) is 5.92 Å². The molecule has 0 aliphatic rings. The van der Waals surface area contributed by atoms with Crippen molar-refractivity contribution in [3.05, 3.63) is 35.5 Å². The smallest absolute Gasteiger partial charge is 0.254 e. The molecular weight excluding hydrogens is 240 g/mol. The second-order valence-corrected chi connectivity index (χ2v) is 5.18. The molecule has 0 saturated carbocycles. The van der Waals surface area contributed by atoms with Crippen molar-refractivity contribution >= 4 is 16.8 Å². The first kappa shape index (κ1) is 13.6. The van der Waals surface area contributed by atoms with E-state index in [0.717, 1.165) is 16.6 Å². The van der Waals surface area contributed by atoms with Gasteiger partial charge in [0.2, 0.25) is 0 Å². The van der Waals surface area contributed by atoms with Crippen molar-refractivity contribution in [3.8, 4) is 0 Å². The van der Waals surface area contributed by atoms with Gasteiger partial charge in [0.05, 0.1) is 18.2 Å². The van der Waals surface area contributed by atoms with Crippen LogP contribution in [0, 0.1) is 12.8 Å². The molecule has 1 heterocycles. The molecule has 3 N–H and O–H groups in total. The Labute approximate surface area is 112 Å². The van der Waals surface area contributed by atoms with E-state index in [9.17, 15) is 9.90 Å². The second-order valence-electron chi connectivity index (χ2n) is 5.18. The molecule has 2 aromatic rings. The fourth-order valence-corrected chi connectivity index (χ4v) is 2.23. The summed E-state index contributed by atoms with van der Waals surface area (Å²) in [4.78, 5) is 15.6. The molecule has 0 aliphatic heterocycles. The number of carbonyl (C=O) groups is 1. The van der Waals surface area contributed by atoms with E-state index in [1.165, 1.54) is 0 Å². The van der Waals surface area contributed by atoms with Crippen LogP contribution in [0.5, 0.6) is 0 Å². The highest BCUT2D eigenvalue weighted by Gasteiger charge is 2.20. The quantitative estimate of drug-likeness (QED) is 0.789. The summed E-state index contributed by atoms with van der Waals surface area (Å²) in [5, 5.41) is 13.1. The number of aromatic amines is 1. The molecule has 0 aliphatic carbocycles. The van der Waals surface area contributed by atoms with Gasteiger partial charge in [0.1, 0.15) is 0 Å². The number of amides is 1. The summed E-state index contributed by atoms with van der Waals surface area (Å²) in [6.45, 7) is 5.79. The third-order valence-corrected chi connectivity index (χ3v) is 3.44. The molecule has 1 aromatic heterocycles. The molecule has 2 rings (SSSR count). The highest BCUT2D eigenvalue weighted by atomic mass is 16.3. The fraction of sp³-hybridized carbons (Fsp3) is 0.400. The Bertz CT molecular complexity index is 587. The number of hydrogen-bond acceptors (Lipinski definition) is 2. The van der Waals surface area contributed by atoms with Gasteiger partial charge < -0.3 is 15.4 Å². The van der Waals surface area contributed by atoms with E-state index in [0.29, 0.717) is 5.56 Å². The number of aryl methyl sites for hydroxylation is 1. The molecule has 1 unspecified atom stereocenters. The lowest BCUT2D eigenvalue weighted by Gasteiger charge is -2.19. The van der Waals surface area contributed by atoms with E-state index in [-0.39, 0.29) is 24.5 Å². The molecule has 0 spiro atoms. The summed E-state index contributed by atoms with van der Waals surface area (Å²) < 4.78 is 0. The molecule has 0 bridgehead atoms. The molecule has 0 fully saturated rings. The van der Waals surface area contributed by atoms with Gasteiger partial charge in [-0.25, -0.2) is 0 Å². The van der Waals surface area contributed by atoms with Crippen LogP contribution in [0.1, 0.15) is 29.9 Å². The van der Waals surface area contributed by atoms with Gasteiger partial charge in [0.15, 0.2) is 0 Å². The van der Waals surface area contributed by atoms with Gasteiger partial charge in [-0.05, 0) is 18.9 Å². The topological polar surface area (TPSA) is 65.1 Å². The number of hydrogen-bond donors (Lipinski definition) is 3. The molecule has 0 saturated heterocycles. The number of aliphatic hydroxyl groups excluding tert-OH is 1. The van der Waals surface area contributed by atoms with Crippen LogP contribution in [0.4, 0.5) is 0 Å². The zero-order valence-electron chi connectivity index (χ0n) is 11.5. The lowest BCUT2D eigenvalue weighted by Crippen LogP contribution is -2.41. The third-order valence-electron chi connectivity index (χ3n) is 3.44. The lowest BCUT2D eigenvalue weighted by atomic mass is 10.0. The molecule has 1 amide bonds. The van der Waals surface area contributed by atoms with E-state index in [1.54, 1.807) is 0 Å². The number of fused-ring (bicyclic) bond motifs is 1. The van der Waals surface area contributed by atoms with Crippen molar-refractivity contribution in [1.82, 2.24) is 10.3 Å². The van der Waals surface area contributed by atoms with E-state index >= 15 is 0 Å². The SMILES string of the molecule is Cc1[nH]c2ccccc2c1C(=O)NC(CO)C(C)C. The Hall–Kier alpha value is -1.81. The number of benzene rings is 1. The van der Waals surface area contributed by atoms with Crippen molar-refractivity contribution in [2.75, 3.05) is 6.61 Å². The van der Waals surface area contributed by atoms with E-state index in [4.69, 9.17) is 0 Å². The summed E-state index contributed by atoms with van der Waals surface area (Å²) >= 11 is 0. The van der Waals surface area contributed by atoms with Gasteiger partial charge in [0.25, 0.3) is 5.91 Å². The second kappa shape index (κ2) is 5.45. The Morgan fingerprint density at radius 3 is 2.68 bits per heavy atom. The number of nitrogens with one attached hydrogen (secondary N) is 2. The largest absolute Gasteiger partial charge is 0.394 e. The summed E-state index contributed by atoms with van der Waals surface area (Å²) in [6, 6.07) is 7.51. The summed E-state index contributed by atoms with van der Waals surface area (Å²) in [7, 11) is 0. The zero-order chi connectivity index (χ0) is 14.0. The van der Waals surface area contributed by atoms with Gasteiger partial charge >= 0.3 is 0 Å². The summed E-state index contributed by atoms with van der Waals surface area (Å²) in [6.07, 6.45) is 0. The first-order valence-corrected chi connectivity index (χ1v) is 6.53. The van der Waals surface area contributed by atoms with Gasteiger partial charge in [-0.15, -0.1) is 0 Å². The fourth-order valence-electron chi connectivity index (χ4n) is 2.23. The molecule has 4 nitrogen and oxygen atoms in total. The van der Waals surface area contributed by atoms with Gasteiger partial charge in [0, 0.05) is 16.6 Å². The Balaban J connectivity index is 2.33. The van der Waals surface area contributed by atoms with Crippen LogP contribution >= 0.6 is 0 Å². The Morgan fingerprint density at radius 1 is 1.37 bits per heavy atom. The van der Waals surface area contributed by atoms with Crippen molar-refractivity contribution in [3.63, 3.8) is 0 Å². The van der Waals surface area contributed by atoms with E-state index in [2.05, 4.69) is 10.3 Å². The highest BCUT2D eigenvalue weighted by Crippen LogP contribution is 2.22. The van der Waals surface area contributed by atoms with Crippen LogP contribution in [0.2, 0.25) is 0 Å². The van der Waals surface area contributed by atoms with Gasteiger partial charge in [-0.1, -0.05) is 32.0 Å². The maximum absolute atomic E-state index is 12.4. The van der Waals surface area contributed by atoms with Gasteiger partial charge in [-0.2, -0.15) is 0 Å². The third kappa shape index (κ3) is 2.63. The lowest BCUT2D eigenvalue weighted by molar-refractivity contribution is 0.0898. The molecule has 19 heavy (non-hydrogen) atoms. The average Bonchev–Trinajstić information content (AvgIpc) is 2.71. The number of rotatable bonds is 4. The maximum atomic E-state index is 12.4. The van der Waals surface area contributed by atoms with Crippen LogP contribution in [0.3, 0.4) is 0 Å². The predicted molar refractivity (Wildman–Crippen MR) is 76.2 cm³/mol. The Kier molecular flexibility index (Phi) is 3.90. The van der Waals surface area contributed by atoms with Crippen LogP contribution in [0.15, 0.2) is 24.3 Å². The molecule has 0 radical (unpaired) electrons. The normalized spacial score (nSPS) is 12.9. The zero-order valence-corrected chi connectivity index (χ0v) is 11.5. The molecule has 1 atom stereocenters. The molecule has 4 heteroatoms. The summed E-state index contributed by atoms with van der Waals surface area (Å²) in [5.41, 5.74) is 2.46. The highest BCUT2D eigenvalue weighted by molar-refractivity contribution is 6.08. The Morgan fingerprint density at radius 2 is 2.05 bits per heavy atom. The number of carbonyl (C=O) groups excluding carboxylic acids is 1. The summed E-state index contributed by atoms with van der Waals surface area (Å²) in [5.74, 6) is 0.0576. The standard InChI is InChI=1S/C15H20N2O2/c1-9(2)13(8-18)17-15(19)14-10(3)16-12-7-5-4-6-11(12)14/h4-7,9,13,16,18H,8H2,1-3H3,(H,17,19). The van der Waals surface area contributed by atoms with Crippen LogP contribution < -0.4 is 5.32 Å². The minimum Gasteiger partial charge on any atom is -0.394 e. The van der Waals surface area contributed by atoms with Crippen LogP contribution in [0.25, 0.3) is 10.9 Å². The minimum absolute atomic E-state index is 0.0508. The number of aliphatic hydroxyl groups is 1. The van der Waals surface area contributed by atoms with Crippen LogP contribution in [-0.4, -0.2) is 28.6 Å². The van der Waals surface area contributed by atoms with Crippen molar-refractivity contribution in [1.29, 1.82) is 0 Å². The minimum atomic E-state index is -0.222. The number of H-pyrrole nitrogens is 1. The maximum Gasteiger partial charge on any atom is 0.254 e.